The van der Waals surface area contributed by atoms with Crippen molar-refractivity contribution in [2.75, 3.05) is 37.5 Å². The molecule has 0 bridgehead atoms. The molecule has 0 unspecified atom stereocenters. The number of halogens is 2. The molecule has 0 aliphatic rings. The highest BCUT2D eigenvalue weighted by molar-refractivity contribution is 9.09. The fourth-order valence-corrected chi connectivity index (χ4v) is 0.837. The van der Waals surface area contributed by atoms with Crippen LogP contribution in [0.2, 0.25) is 0 Å². The van der Waals surface area contributed by atoms with Gasteiger partial charge in [-0.2, -0.15) is 0 Å². The largest absolute Gasteiger partial charge is 0.354 e. The van der Waals surface area contributed by atoms with Gasteiger partial charge in [0.25, 0.3) is 0 Å². The molecule has 3 nitrogen and oxygen atoms in total. The average molecular weight is 292 g/mol. The molecule has 5 heteroatoms. The number of ether oxygens (including phenoxy) is 3. The van der Waals surface area contributed by atoms with Crippen molar-refractivity contribution < 1.29 is 14.2 Å². The van der Waals surface area contributed by atoms with E-state index in [0.717, 1.165) is 10.7 Å². The van der Waals surface area contributed by atoms with Crippen LogP contribution in [0.25, 0.3) is 0 Å². The minimum absolute atomic E-state index is 0.299. The first-order valence-electron chi connectivity index (χ1n) is 3.27. The summed E-state index contributed by atoms with van der Waals surface area (Å²) >= 11 is 6.45. The first-order valence-corrected chi connectivity index (χ1v) is 5.51. The average Bonchev–Trinajstić information content (AvgIpc) is 2.03. The van der Waals surface area contributed by atoms with Crippen molar-refractivity contribution in [3.05, 3.63) is 0 Å². The van der Waals surface area contributed by atoms with Gasteiger partial charge in [0.1, 0.15) is 13.6 Å². The predicted octanol–water partition coefficient (Wildman–Crippen LogP) is 1.74. The van der Waals surface area contributed by atoms with Crippen LogP contribution < -0.4 is 0 Å². The van der Waals surface area contributed by atoms with Crippen molar-refractivity contribution >= 4 is 31.9 Å². The van der Waals surface area contributed by atoms with Crippen LogP contribution in [-0.2, 0) is 14.2 Å². The van der Waals surface area contributed by atoms with Gasteiger partial charge in [-0.3, -0.25) is 0 Å². The first-order chi connectivity index (χ1) is 5.41. The maximum atomic E-state index is 5.00. The summed E-state index contributed by atoms with van der Waals surface area (Å²) in [4.78, 5) is 0. The maximum absolute atomic E-state index is 5.00. The van der Waals surface area contributed by atoms with E-state index in [1.807, 2.05) is 0 Å². The molecule has 0 heterocycles. The second kappa shape index (κ2) is 10.8. The summed E-state index contributed by atoms with van der Waals surface area (Å²) in [6.07, 6.45) is 0. The second-order valence-corrected chi connectivity index (χ2v) is 3.22. The van der Waals surface area contributed by atoms with Crippen molar-refractivity contribution in [3.8, 4) is 0 Å². The zero-order valence-electron chi connectivity index (χ0n) is 6.22. The van der Waals surface area contributed by atoms with Gasteiger partial charge in [0.05, 0.1) is 13.2 Å². The molecular formula is C6H12Br2O3. The van der Waals surface area contributed by atoms with Gasteiger partial charge in [0.15, 0.2) is 0 Å². The van der Waals surface area contributed by atoms with E-state index < -0.39 is 0 Å². The molecule has 0 radical (unpaired) electrons. The third-order valence-electron chi connectivity index (χ3n) is 0.776. The van der Waals surface area contributed by atoms with Crippen LogP contribution in [0.15, 0.2) is 0 Å². The van der Waals surface area contributed by atoms with Crippen molar-refractivity contribution in [2.24, 2.45) is 0 Å². The molecule has 0 aliphatic heterocycles. The number of alkyl halides is 2. The van der Waals surface area contributed by atoms with Crippen LogP contribution in [0.1, 0.15) is 0 Å². The lowest BCUT2D eigenvalue weighted by atomic mass is 10.9. The summed E-state index contributed by atoms with van der Waals surface area (Å²) in [6.45, 7) is 1.93. The Labute approximate surface area is 83.6 Å². The van der Waals surface area contributed by atoms with Gasteiger partial charge in [-0.25, -0.2) is 0 Å². The third-order valence-corrected chi connectivity index (χ3v) is 1.42. The minimum Gasteiger partial charge on any atom is -0.354 e. The molecule has 0 aromatic heterocycles. The van der Waals surface area contributed by atoms with Gasteiger partial charge in [-0.1, -0.05) is 31.9 Å². The zero-order valence-corrected chi connectivity index (χ0v) is 9.40. The van der Waals surface area contributed by atoms with Gasteiger partial charge in [0.2, 0.25) is 0 Å². The van der Waals surface area contributed by atoms with E-state index in [2.05, 4.69) is 31.9 Å². The molecule has 0 amide bonds. The molecule has 0 spiro atoms. The summed E-state index contributed by atoms with van der Waals surface area (Å²) in [5.74, 6) is 0. The lowest BCUT2D eigenvalue weighted by Crippen LogP contribution is -2.06. The van der Waals surface area contributed by atoms with Gasteiger partial charge >= 0.3 is 0 Å². The molecule has 0 rings (SSSR count). The van der Waals surface area contributed by atoms with Crippen LogP contribution in [-0.4, -0.2) is 37.5 Å². The standard InChI is InChI=1S/C6H12Br2O3/c7-1-3-9-5-11-6-10-4-2-8/h1-6H2. The topological polar surface area (TPSA) is 27.7 Å². The molecule has 68 valence electrons. The highest BCUT2D eigenvalue weighted by atomic mass is 79.9. The Hall–Kier alpha value is 0.840. The summed E-state index contributed by atoms with van der Waals surface area (Å²) in [5.41, 5.74) is 0. The molecule has 0 aromatic rings. The molecule has 0 saturated heterocycles. The SMILES string of the molecule is BrCCOCOCOCCBr. The van der Waals surface area contributed by atoms with E-state index in [9.17, 15) is 0 Å². The van der Waals surface area contributed by atoms with Crippen molar-refractivity contribution in [3.63, 3.8) is 0 Å². The van der Waals surface area contributed by atoms with Gasteiger partial charge < -0.3 is 14.2 Å². The Morgan fingerprint density at radius 3 is 1.55 bits per heavy atom. The van der Waals surface area contributed by atoms with E-state index in [1.165, 1.54) is 0 Å². The van der Waals surface area contributed by atoms with E-state index >= 15 is 0 Å². The van der Waals surface area contributed by atoms with Crippen molar-refractivity contribution in [1.82, 2.24) is 0 Å². The van der Waals surface area contributed by atoms with Gasteiger partial charge in [0, 0.05) is 10.7 Å². The fourth-order valence-electron chi connectivity index (χ4n) is 0.379. The van der Waals surface area contributed by atoms with Crippen molar-refractivity contribution in [1.29, 1.82) is 0 Å². The Morgan fingerprint density at radius 1 is 0.727 bits per heavy atom. The molecule has 0 fully saturated rings. The third kappa shape index (κ3) is 10.8. The van der Waals surface area contributed by atoms with Crippen LogP contribution in [0.4, 0.5) is 0 Å². The molecular weight excluding hydrogens is 280 g/mol. The number of hydrogen-bond acceptors (Lipinski definition) is 3. The molecule has 0 aliphatic carbocycles. The monoisotopic (exact) mass is 290 g/mol. The van der Waals surface area contributed by atoms with Crippen LogP contribution >= 0.6 is 31.9 Å². The highest BCUT2D eigenvalue weighted by Gasteiger charge is 1.87. The minimum atomic E-state index is 0.299. The normalized spacial score (nSPS) is 10.4. The van der Waals surface area contributed by atoms with E-state index in [1.54, 1.807) is 0 Å². The van der Waals surface area contributed by atoms with E-state index in [0.29, 0.717) is 26.8 Å². The lowest BCUT2D eigenvalue weighted by molar-refractivity contribution is -0.125. The Morgan fingerprint density at radius 2 is 1.18 bits per heavy atom. The first kappa shape index (κ1) is 11.8. The Bertz CT molecular complexity index is 64.8. The molecule has 0 saturated carbocycles. The van der Waals surface area contributed by atoms with Gasteiger partial charge in [-0.15, -0.1) is 0 Å². The van der Waals surface area contributed by atoms with E-state index in [4.69, 9.17) is 14.2 Å². The summed E-state index contributed by atoms with van der Waals surface area (Å²) in [5, 5.41) is 1.66. The fraction of sp³-hybridized carbons (Fsp3) is 1.00. The lowest BCUT2D eigenvalue weighted by Gasteiger charge is -2.03. The summed E-state index contributed by atoms with van der Waals surface area (Å²) in [6, 6.07) is 0. The van der Waals surface area contributed by atoms with Crippen molar-refractivity contribution in [2.45, 2.75) is 0 Å². The van der Waals surface area contributed by atoms with E-state index in [-0.39, 0.29) is 0 Å². The summed E-state index contributed by atoms with van der Waals surface area (Å²) < 4.78 is 15.0. The van der Waals surface area contributed by atoms with Crippen LogP contribution in [0, 0.1) is 0 Å². The molecule has 0 aromatic carbocycles. The molecule has 0 N–H and O–H groups in total. The van der Waals surface area contributed by atoms with Gasteiger partial charge in [-0.05, 0) is 0 Å². The Balaban J connectivity index is 2.69. The summed E-state index contributed by atoms with van der Waals surface area (Å²) in [7, 11) is 0. The smallest absolute Gasteiger partial charge is 0.149 e. The highest BCUT2D eigenvalue weighted by Crippen LogP contribution is 1.85. The quantitative estimate of drug-likeness (QED) is 0.387. The van der Waals surface area contributed by atoms with Crippen LogP contribution in [0.5, 0.6) is 0 Å². The number of hydrogen-bond donors (Lipinski definition) is 0. The van der Waals surface area contributed by atoms with Crippen LogP contribution in [0.3, 0.4) is 0 Å². The molecule has 0 atom stereocenters. The maximum Gasteiger partial charge on any atom is 0.149 e. The second-order valence-electron chi connectivity index (χ2n) is 1.63. The predicted molar refractivity (Wildman–Crippen MR) is 50.3 cm³/mol. The number of rotatable bonds is 8. The Kier molecular flexibility index (Phi) is 11.7. The molecule has 11 heavy (non-hydrogen) atoms. The zero-order chi connectivity index (χ0) is 8.36.